The van der Waals surface area contributed by atoms with Gasteiger partial charge in [0.2, 0.25) is 0 Å². The molecule has 0 amide bonds. The molecule has 76 valence electrons. The van der Waals surface area contributed by atoms with Gasteiger partial charge in [-0.05, 0) is 23.9 Å². The third-order valence-electron chi connectivity index (χ3n) is 1.60. The van der Waals surface area contributed by atoms with E-state index in [0.29, 0.717) is 0 Å². The second kappa shape index (κ2) is 4.34. The first-order valence-electron chi connectivity index (χ1n) is 4.53. The Hall–Kier alpha value is -0.210. The summed E-state index contributed by atoms with van der Waals surface area (Å²) < 4.78 is 4.82. The van der Waals surface area contributed by atoms with Crippen LogP contribution in [0.2, 0.25) is 0 Å². The topological polar surface area (TPSA) is 9.23 Å². The SMILES string of the molecule is COC#CP(C(C)(C)C)C(C)(C)C. The Labute approximate surface area is 84.0 Å². The molecule has 0 atom stereocenters. The summed E-state index contributed by atoms with van der Waals surface area (Å²) in [6.07, 6.45) is 2.74. The van der Waals surface area contributed by atoms with Crippen molar-refractivity contribution in [3.8, 4) is 11.8 Å². The fourth-order valence-corrected chi connectivity index (χ4v) is 4.30. The van der Waals surface area contributed by atoms with Crippen LogP contribution in [0.25, 0.3) is 0 Å². The molecule has 0 aliphatic carbocycles. The molecule has 2 heteroatoms. The van der Waals surface area contributed by atoms with Crippen molar-refractivity contribution >= 4 is 7.92 Å². The second-order valence-corrected chi connectivity index (χ2v) is 8.67. The number of rotatable bonds is 0. The summed E-state index contributed by atoms with van der Waals surface area (Å²) in [5.74, 6) is 0. The van der Waals surface area contributed by atoms with Gasteiger partial charge in [0.15, 0.2) is 0 Å². The van der Waals surface area contributed by atoms with E-state index in [1.165, 1.54) is 0 Å². The molecule has 1 nitrogen and oxygen atoms in total. The van der Waals surface area contributed by atoms with Crippen molar-refractivity contribution in [3.05, 3.63) is 0 Å². The van der Waals surface area contributed by atoms with Gasteiger partial charge < -0.3 is 4.74 Å². The van der Waals surface area contributed by atoms with Gasteiger partial charge in [-0.2, -0.15) is 0 Å². The maximum atomic E-state index is 4.82. The van der Waals surface area contributed by atoms with Crippen LogP contribution < -0.4 is 0 Å². The summed E-state index contributed by atoms with van der Waals surface area (Å²) in [6, 6.07) is 0. The first kappa shape index (κ1) is 12.8. The van der Waals surface area contributed by atoms with E-state index in [1.54, 1.807) is 7.11 Å². The Morgan fingerprint density at radius 3 is 1.54 bits per heavy atom. The standard InChI is InChI=1S/C11H21OP/c1-10(2,3)13(9-8-12-7)11(4,5)6/h1-7H3. The fourth-order valence-electron chi connectivity index (χ4n) is 1.43. The molecule has 0 unspecified atom stereocenters. The lowest BCUT2D eigenvalue weighted by atomic mass is 10.2. The number of hydrogen-bond donors (Lipinski definition) is 0. The summed E-state index contributed by atoms with van der Waals surface area (Å²) in [6.45, 7) is 13.5. The summed E-state index contributed by atoms with van der Waals surface area (Å²) in [5, 5.41) is 0.526. The van der Waals surface area contributed by atoms with Crippen molar-refractivity contribution in [1.29, 1.82) is 0 Å². The van der Waals surface area contributed by atoms with Gasteiger partial charge in [-0.3, -0.25) is 0 Å². The van der Waals surface area contributed by atoms with Crippen LogP contribution in [-0.2, 0) is 4.74 Å². The van der Waals surface area contributed by atoms with Crippen LogP contribution in [0.4, 0.5) is 0 Å². The number of methoxy groups -OCH3 is 1. The fraction of sp³-hybridized carbons (Fsp3) is 0.818. The average Bonchev–Trinajstić information content (AvgIpc) is 1.81. The molecule has 0 aliphatic rings. The van der Waals surface area contributed by atoms with E-state index in [1.807, 2.05) is 0 Å². The van der Waals surface area contributed by atoms with Gasteiger partial charge in [0.05, 0.1) is 7.11 Å². The van der Waals surface area contributed by atoms with Crippen LogP contribution in [0.15, 0.2) is 0 Å². The molecule has 0 aliphatic heterocycles. The van der Waals surface area contributed by atoms with E-state index in [-0.39, 0.29) is 18.2 Å². The van der Waals surface area contributed by atoms with Crippen molar-refractivity contribution in [2.75, 3.05) is 7.11 Å². The molecule has 0 bridgehead atoms. The van der Waals surface area contributed by atoms with E-state index in [4.69, 9.17) is 4.74 Å². The van der Waals surface area contributed by atoms with E-state index < -0.39 is 0 Å². The minimum Gasteiger partial charge on any atom is -0.450 e. The Bertz CT molecular complexity index is 195. The molecule has 0 fully saturated rings. The van der Waals surface area contributed by atoms with Crippen molar-refractivity contribution in [1.82, 2.24) is 0 Å². The zero-order valence-corrected chi connectivity index (χ0v) is 10.7. The maximum absolute atomic E-state index is 4.82. The lowest BCUT2D eigenvalue weighted by Crippen LogP contribution is -2.23. The van der Waals surface area contributed by atoms with Gasteiger partial charge in [0.1, 0.15) is 6.11 Å². The Morgan fingerprint density at radius 1 is 0.923 bits per heavy atom. The molecule has 0 heterocycles. The predicted octanol–water partition coefficient (Wildman–Crippen LogP) is 3.63. The van der Waals surface area contributed by atoms with E-state index >= 15 is 0 Å². The molecule has 0 radical (unpaired) electrons. The monoisotopic (exact) mass is 200 g/mol. The highest BCUT2D eigenvalue weighted by Crippen LogP contribution is 2.58. The van der Waals surface area contributed by atoms with Crippen molar-refractivity contribution < 1.29 is 4.74 Å². The second-order valence-electron chi connectivity index (χ2n) is 5.10. The van der Waals surface area contributed by atoms with Crippen molar-refractivity contribution in [2.24, 2.45) is 0 Å². The highest BCUT2D eigenvalue weighted by Gasteiger charge is 2.33. The van der Waals surface area contributed by atoms with Gasteiger partial charge in [0.25, 0.3) is 0 Å². The van der Waals surface area contributed by atoms with Gasteiger partial charge in [-0.1, -0.05) is 41.5 Å². The molecule has 0 aromatic rings. The Morgan fingerprint density at radius 2 is 1.31 bits per heavy atom. The Kier molecular flexibility index (Phi) is 4.27. The first-order valence-corrected chi connectivity index (χ1v) is 5.87. The molecule has 0 saturated carbocycles. The van der Waals surface area contributed by atoms with Gasteiger partial charge in [-0.25, -0.2) is 0 Å². The third-order valence-corrected chi connectivity index (χ3v) is 4.60. The van der Waals surface area contributed by atoms with Crippen LogP contribution >= 0.6 is 7.92 Å². The summed E-state index contributed by atoms with van der Waals surface area (Å²) in [5.41, 5.74) is 3.24. The normalized spacial score (nSPS) is 12.3. The molecule has 0 spiro atoms. The highest BCUT2D eigenvalue weighted by molar-refractivity contribution is 7.65. The predicted molar refractivity (Wildman–Crippen MR) is 61.2 cm³/mol. The van der Waals surface area contributed by atoms with Crippen LogP contribution in [0, 0.1) is 11.8 Å². The van der Waals surface area contributed by atoms with Gasteiger partial charge in [-0.15, -0.1) is 0 Å². The van der Waals surface area contributed by atoms with Gasteiger partial charge in [0, 0.05) is 0 Å². The number of hydrogen-bond acceptors (Lipinski definition) is 1. The molecule has 0 rings (SSSR count). The summed E-state index contributed by atoms with van der Waals surface area (Å²) >= 11 is 0. The molecule has 0 saturated heterocycles. The smallest absolute Gasteiger partial charge is 0.114 e. The Balaban J connectivity index is 4.79. The third kappa shape index (κ3) is 4.53. The van der Waals surface area contributed by atoms with Crippen LogP contribution in [0.5, 0.6) is 0 Å². The maximum Gasteiger partial charge on any atom is 0.114 e. The largest absolute Gasteiger partial charge is 0.450 e. The van der Waals surface area contributed by atoms with Crippen molar-refractivity contribution in [2.45, 2.75) is 51.9 Å². The van der Waals surface area contributed by atoms with E-state index in [0.717, 1.165) is 0 Å². The minimum absolute atomic E-state index is 0.263. The summed E-state index contributed by atoms with van der Waals surface area (Å²) in [4.78, 5) is 0. The molecular formula is C11H21OP. The summed E-state index contributed by atoms with van der Waals surface area (Å²) in [7, 11) is 1.28. The van der Waals surface area contributed by atoms with Crippen LogP contribution in [0.3, 0.4) is 0 Å². The molecular weight excluding hydrogens is 179 g/mol. The minimum atomic E-state index is -0.335. The zero-order chi connectivity index (χ0) is 10.7. The molecule has 0 N–H and O–H groups in total. The van der Waals surface area contributed by atoms with Gasteiger partial charge >= 0.3 is 0 Å². The quantitative estimate of drug-likeness (QED) is 0.428. The van der Waals surface area contributed by atoms with Crippen molar-refractivity contribution in [3.63, 3.8) is 0 Å². The van der Waals surface area contributed by atoms with Crippen LogP contribution in [-0.4, -0.2) is 17.4 Å². The highest BCUT2D eigenvalue weighted by atomic mass is 31.1. The zero-order valence-electron chi connectivity index (χ0n) is 9.86. The molecule has 0 aromatic heterocycles. The van der Waals surface area contributed by atoms with Crippen LogP contribution in [0.1, 0.15) is 41.5 Å². The van der Waals surface area contributed by atoms with E-state index in [9.17, 15) is 0 Å². The number of ether oxygens (including phenoxy) is 1. The van der Waals surface area contributed by atoms with E-state index in [2.05, 4.69) is 53.3 Å². The lowest BCUT2D eigenvalue weighted by molar-refractivity contribution is 0.372. The molecule has 13 heavy (non-hydrogen) atoms. The first-order chi connectivity index (χ1) is 5.69. The lowest BCUT2D eigenvalue weighted by Gasteiger charge is -2.36. The average molecular weight is 200 g/mol. The molecule has 0 aromatic carbocycles.